The second kappa shape index (κ2) is 5.53. The third-order valence-corrected chi connectivity index (χ3v) is 3.53. The highest BCUT2D eigenvalue weighted by Crippen LogP contribution is 2.14. The zero-order valence-electron chi connectivity index (χ0n) is 9.15. The molecule has 2 rings (SSSR count). The van der Waals surface area contributed by atoms with Crippen molar-refractivity contribution >= 4 is 11.5 Å². The highest BCUT2D eigenvalue weighted by molar-refractivity contribution is 7.03. The molecule has 1 atom stereocenters. The molecule has 1 aromatic rings. The monoisotopic (exact) mass is 226 g/mol. The predicted octanol–water partition coefficient (Wildman–Crippen LogP) is 1.11. The molecule has 2 heterocycles. The van der Waals surface area contributed by atoms with Crippen molar-refractivity contribution in [2.45, 2.75) is 32.4 Å². The van der Waals surface area contributed by atoms with E-state index in [0.717, 1.165) is 31.4 Å². The lowest BCUT2D eigenvalue weighted by Crippen LogP contribution is -2.34. The Kier molecular flexibility index (Phi) is 4.05. The molecule has 0 aromatic carbocycles. The SMILES string of the molecule is CC1CCCN1CCNCc1csnn1. The Labute approximate surface area is 94.8 Å². The van der Waals surface area contributed by atoms with E-state index >= 15 is 0 Å². The van der Waals surface area contributed by atoms with Gasteiger partial charge < -0.3 is 5.32 Å². The largest absolute Gasteiger partial charge is 0.310 e. The number of hydrogen-bond donors (Lipinski definition) is 1. The molecular formula is C10H18N4S. The first kappa shape index (κ1) is 11.0. The third kappa shape index (κ3) is 3.22. The minimum Gasteiger partial charge on any atom is -0.310 e. The average Bonchev–Trinajstić information content (AvgIpc) is 2.85. The van der Waals surface area contributed by atoms with Crippen LogP contribution in [0.3, 0.4) is 0 Å². The third-order valence-electron chi connectivity index (χ3n) is 2.98. The fourth-order valence-corrected chi connectivity index (χ4v) is 2.48. The zero-order valence-corrected chi connectivity index (χ0v) is 9.96. The summed E-state index contributed by atoms with van der Waals surface area (Å²) in [5, 5.41) is 9.38. The maximum atomic E-state index is 3.99. The van der Waals surface area contributed by atoms with E-state index in [9.17, 15) is 0 Å². The van der Waals surface area contributed by atoms with Crippen LogP contribution >= 0.6 is 11.5 Å². The summed E-state index contributed by atoms with van der Waals surface area (Å²) in [6.07, 6.45) is 2.72. The summed E-state index contributed by atoms with van der Waals surface area (Å²) >= 11 is 1.41. The van der Waals surface area contributed by atoms with Crippen LogP contribution in [0.5, 0.6) is 0 Å². The predicted molar refractivity (Wildman–Crippen MR) is 61.9 cm³/mol. The standard InChI is InChI=1S/C10H18N4S/c1-9-3-2-5-14(9)6-4-11-7-10-8-15-13-12-10/h8-9,11H,2-7H2,1H3. The van der Waals surface area contributed by atoms with Gasteiger partial charge in [-0.1, -0.05) is 4.49 Å². The Hall–Kier alpha value is -0.520. The summed E-state index contributed by atoms with van der Waals surface area (Å²) in [6.45, 7) is 6.62. The van der Waals surface area contributed by atoms with Gasteiger partial charge in [0.25, 0.3) is 0 Å². The van der Waals surface area contributed by atoms with Crippen LogP contribution in [0.4, 0.5) is 0 Å². The molecule has 1 aromatic heterocycles. The molecule has 0 amide bonds. The summed E-state index contributed by atoms with van der Waals surface area (Å²) in [7, 11) is 0. The first-order valence-electron chi connectivity index (χ1n) is 5.57. The summed E-state index contributed by atoms with van der Waals surface area (Å²) < 4.78 is 3.83. The van der Waals surface area contributed by atoms with Crippen LogP contribution in [0.2, 0.25) is 0 Å². The highest BCUT2D eigenvalue weighted by Gasteiger charge is 2.18. The van der Waals surface area contributed by atoms with Gasteiger partial charge in [-0.15, -0.1) is 5.10 Å². The Morgan fingerprint density at radius 1 is 1.67 bits per heavy atom. The van der Waals surface area contributed by atoms with Gasteiger partial charge >= 0.3 is 0 Å². The van der Waals surface area contributed by atoms with Gasteiger partial charge in [-0.25, -0.2) is 0 Å². The topological polar surface area (TPSA) is 41.0 Å². The molecule has 1 saturated heterocycles. The molecule has 1 unspecified atom stereocenters. The zero-order chi connectivity index (χ0) is 10.5. The Bertz CT molecular complexity index is 275. The maximum absolute atomic E-state index is 3.99. The summed E-state index contributed by atoms with van der Waals surface area (Å²) in [4.78, 5) is 2.55. The van der Waals surface area contributed by atoms with Crippen molar-refractivity contribution in [1.29, 1.82) is 0 Å². The molecule has 1 fully saturated rings. The molecule has 0 saturated carbocycles. The van der Waals surface area contributed by atoms with Crippen LogP contribution in [0.1, 0.15) is 25.5 Å². The van der Waals surface area contributed by atoms with Crippen molar-refractivity contribution in [1.82, 2.24) is 19.8 Å². The molecule has 84 valence electrons. The molecule has 0 radical (unpaired) electrons. The van der Waals surface area contributed by atoms with Gasteiger partial charge in [0.15, 0.2) is 0 Å². The molecule has 0 aliphatic carbocycles. The number of rotatable bonds is 5. The van der Waals surface area contributed by atoms with E-state index in [4.69, 9.17) is 0 Å². The summed E-state index contributed by atoms with van der Waals surface area (Å²) in [6, 6.07) is 0.771. The molecule has 1 aliphatic heterocycles. The minimum atomic E-state index is 0.771. The van der Waals surface area contributed by atoms with E-state index in [-0.39, 0.29) is 0 Å². The van der Waals surface area contributed by atoms with Crippen molar-refractivity contribution in [2.24, 2.45) is 0 Å². The fourth-order valence-electron chi connectivity index (χ4n) is 2.03. The van der Waals surface area contributed by atoms with Gasteiger partial charge in [0, 0.05) is 31.1 Å². The van der Waals surface area contributed by atoms with Crippen LogP contribution in [-0.2, 0) is 6.54 Å². The molecule has 15 heavy (non-hydrogen) atoms. The quantitative estimate of drug-likeness (QED) is 0.764. The molecular weight excluding hydrogens is 208 g/mol. The van der Waals surface area contributed by atoms with Crippen LogP contribution < -0.4 is 5.32 Å². The lowest BCUT2D eigenvalue weighted by Gasteiger charge is -2.20. The number of aromatic nitrogens is 2. The number of nitrogens with one attached hydrogen (secondary N) is 1. The molecule has 0 bridgehead atoms. The first-order chi connectivity index (χ1) is 7.36. The average molecular weight is 226 g/mol. The Morgan fingerprint density at radius 2 is 2.60 bits per heavy atom. The molecule has 4 nitrogen and oxygen atoms in total. The van der Waals surface area contributed by atoms with E-state index < -0.39 is 0 Å². The van der Waals surface area contributed by atoms with Gasteiger partial charge in [-0.05, 0) is 37.8 Å². The van der Waals surface area contributed by atoms with Gasteiger partial charge in [-0.2, -0.15) is 0 Å². The van der Waals surface area contributed by atoms with Crippen LogP contribution in [-0.4, -0.2) is 40.2 Å². The lowest BCUT2D eigenvalue weighted by atomic mass is 10.2. The van der Waals surface area contributed by atoms with Crippen LogP contribution in [0.25, 0.3) is 0 Å². The fraction of sp³-hybridized carbons (Fsp3) is 0.800. The Morgan fingerprint density at radius 3 is 3.27 bits per heavy atom. The highest BCUT2D eigenvalue weighted by atomic mass is 32.1. The van der Waals surface area contributed by atoms with Crippen molar-refractivity contribution in [3.63, 3.8) is 0 Å². The Balaban J connectivity index is 1.59. The lowest BCUT2D eigenvalue weighted by molar-refractivity contribution is 0.268. The van der Waals surface area contributed by atoms with Gasteiger partial charge in [-0.3, -0.25) is 4.90 Å². The molecule has 0 spiro atoms. The first-order valence-corrected chi connectivity index (χ1v) is 6.40. The maximum Gasteiger partial charge on any atom is 0.0893 e. The second-order valence-electron chi connectivity index (χ2n) is 4.10. The van der Waals surface area contributed by atoms with Gasteiger partial charge in [0.05, 0.1) is 5.69 Å². The van der Waals surface area contributed by atoms with Gasteiger partial charge in [0.2, 0.25) is 0 Å². The van der Waals surface area contributed by atoms with E-state index in [1.54, 1.807) is 0 Å². The van der Waals surface area contributed by atoms with Crippen molar-refractivity contribution < 1.29 is 0 Å². The van der Waals surface area contributed by atoms with Crippen molar-refractivity contribution in [3.05, 3.63) is 11.1 Å². The summed E-state index contributed by atoms with van der Waals surface area (Å²) in [5.41, 5.74) is 1.05. The van der Waals surface area contributed by atoms with Crippen molar-refractivity contribution in [3.8, 4) is 0 Å². The summed E-state index contributed by atoms with van der Waals surface area (Å²) in [5.74, 6) is 0. The minimum absolute atomic E-state index is 0.771. The molecule has 5 heteroatoms. The molecule has 1 aliphatic rings. The number of hydrogen-bond acceptors (Lipinski definition) is 5. The second-order valence-corrected chi connectivity index (χ2v) is 4.71. The number of likely N-dealkylation sites (tertiary alicyclic amines) is 1. The number of nitrogens with zero attached hydrogens (tertiary/aromatic N) is 3. The van der Waals surface area contributed by atoms with Crippen LogP contribution in [0, 0.1) is 0 Å². The normalized spacial score (nSPS) is 22.3. The van der Waals surface area contributed by atoms with E-state index in [2.05, 4.69) is 26.7 Å². The van der Waals surface area contributed by atoms with E-state index in [1.165, 1.54) is 30.9 Å². The smallest absolute Gasteiger partial charge is 0.0893 e. The molecule has 1 N–H and O–H groups in total. The van der Waals surface area contributed by atoms with E-state index in [0.29, 0.717) is 0 Å². The van der Waals surface area contributed by atoms with Gasteiger partial charge in [0.1, 0.15) is 0 Å². The van der Waals surface area contributed by atoms with Crippen molar-refractivity contribution in [2.75, 3.05) is 19.6 Å². The van der Waals surface area contributed by atoms with E-state index in [1.807, 2.05) is 5.38 Å². The van der Waals surface area contributed by atoms with Crippen LogP contribution in [0.15, 0.2) is 5.38 Å².